The number of ether oxygens (including phenoxy) is 2. The molecule has 0 N–H and O–H groups in total. The highest BCUT2D eigenvalue weighted by Gasteiger charge is 2.16. The van der Waals surface area contributed by atoms with Crippen LogP contribution in [0.5, 0.6) is 5.75 Å². The molecule has 0 spiro atoms. The van der Waals surface area contributed by atoms with Gasteiger partial charge >= 0.3 is 0 Å². The maximum atomic E-state index is 5.59. The maximum Gasteiger partial charge on any atom is 0.120 e. The number of hydrogen-bond donors (Lipinski definition) is 0. The van der Waals surface area contributed by atoms with Crippen LogP contribution in [0.4, 0.5) is 0 Å². The molecular formula is C11H15BrO2. The largest absolute Gasteiger partial charge is 0.491 e. The first-order valence-corrected chi connectivity index (χ1v) is 5.26. The quantitative estimate of drug-likeness (QED) is 0.826. The number of halogens is 1. The van der Waals surface area contributed by atoms with Crippen molar-refractivity contribution in [2.75, 3.05) is 13.7 Å². The molecule has 78 valence electrons. The molecule has 14 heavy (non-hydrogen) atoms. The summed E-state index contributed by atoms with van der Waals surface area (Å²) in [6, 6.07) is 7.77. The van der Waals surface area contributed by atoms with E-state index in [0.717, 1.165) is 10.2 Å². The van der Waals surface area contributed by atoms with E-state index in [0.29, 0.717) is 6.61 Å². The molecule has 0 aliphatic heterocycles. The second kappa shape index (κ2) is 4.80. The molecule has 0 unspecified atom stereocenters. The molecule has 3 heteroatoms. The summed E-state index contributed by atoms with van der Waals surface area (Å²) in [7, 11) is 1.68. The minimum atomic E-state index is -0.248. The van der Waals surface area contributed by atoms with Crippen molar-refractivity contribution >= 4 is 15.9 Å². The van der Waals surface area contributed by atoms with Crippen LogP contribution in [0.3, 0.4) is 0 Å². The van der Waals surface area contributed by atoms with Crippen LogP contribution < -0.4 is 4.74 Å². The first kappa shape index (κ1) is 11.5. The average Bonchev–Trinajstić information content (AvgIpc) is 2.15. The lowest BCUT2D eigenvalue weighted by atomic mass is 10.1. The third-order valence-corrected chi connectivity index (χ3v) is 2.43. The molecule has 1 aromatic carbocycles. The van der Waals surface area contributed by atoms with Gasteiger partial charge in [0, 0.05) is 11.6 Å². The molecule has 0 saturated carbocycles. The Bertz CT molecular complexity index is 297. The zero-order valence-electron chi connectivity index (χ0n) is 8.71. The zero-order chi connectivity index (χ0) is 10.6. The molecule has 0 aliphatic carbocycles. The lowest BCUT2D eigenvalue weighted by molar-refractivity contribution is -0.0146. The van der Waals surface area contributed by atoms with E-state index in [1.807, 2.05) is 38.1 Å². The first-order valence-electron chi connectivity index (χ1n) is 4.47. The van der Waals surface area contributed by atoms with E-state index in [1.165, 1.54) is 0 Å². The summed E-state index contributed by atoms with van der Waals surface area (Å²) in [5, 5.41) is 0. The van der Waals surface area contributed by atoms with Crippen molar-refractivity contribution in [2.45, 2.75) is 19.4 Å². The third-order valence-electron chi connectivity index (χ3n) is 1.94. The molecule has 0 aliphatic rings. The molecule has 2 nitrogen and oxygen atoms in total. The van der Waals surface area contributed by atoms with Crippen LogP contribution in [0.2, 0.25) is 0 Å². The highest BCUT2D eigenvalue weighted by atomic mass is 79.9. The van der Waals surface area contributed by atoms with Crippen LogP contribution in [0, 0.1) is 0 Å². The molecule has 0 radical (unpaired) electrons. The van der Waals surface area contributed by atoms with Gasteiger partial charge in [0.25, 0.3) is 0 Å². The van der Waals surface area contributed by atoms with E-state index in [2.05, 4.69) is 15.9 Å². The van der Waals surface area contributed by atoms with Gasteiger partial charge in [-0.25, -0.2) is 0 Å². The SMILES string of the molecule is COC(C)(C)COc1cccc(Br)c1. The Balaban J connectivity index is 2.54. The molecule has 0 atom stereocenters. The Labute approximate surface area is 93.4 Å². The van der Waals surface area contributed by atoms with Gasteiger partial charge in [0.05, 0.1) is 5.60 Å². The van der Waals surface area contributed by atoms with Gasteiger partial charge in [-0.2, -0.15) is 0 Å². The number of benzene rings is 1. The van der Waals surface area contributed by atoms with Gasteiger partial charge in [-0.3, -0.25) is 0 Å². The minimum Gasteiger partial charge on any atom is -0.491 e. The highest BCUT2D eigenvalue weighted by molar-refractivity contribution is 9.10. The fourth-order valence-electron chi connectivity index (χ4n) is 0.873. The Morgan fingerprint density at radius 1 is 1.36 bits per heavy atom. The lowest BCUT2D eigenvalue weighted by Gasteiger charge is -2.22. The van der Waals surface area contributed by atoms with Gasteiger partial charge in [0.15, 0.2) is 0 Å². The summed E-state index contributed by atoms with van der Waals surface area (Å²) in [5.41, 5.74) is -0.248. The van der Waals surface area contributed by atoms with Gasteiger partial charge in [0.2, 0.25) is 0 Å². The van der Waals surface area contributed by atoms with Crippen molar-refractivity contribution in [3.8, 4) is 5.75 Å². The second-order valence-corrected chi connectivity index (χ2v) is 4.63. The molecule has 0 saturated heterocycles. The van der Waals surface area contributed by atoms with E-state index in [1.54, 1.807) is 7.11 Å². The van der Waals surface area contributed by atoms with Gasteiger partial charge < -0.3 is 9.47 Å². The molecule has 1 rings (SSSR count). The summed E-state index contributed by atoms with van der Waals surface area (Å²) < 4.78 is 11.9. The van der Waals surface area contributed by atoms with Gasteiger partial charge in [-0.05, 0) is 32.0 Å². The van der Waals surface area contributed by atoms with Crippen LogP contribution in [-0.2, 0) is 4.74 Å². The van der Waals surface area contributed by atoms with Crippen LogP contribution in [-0.4, -0.2) is 19.3 Å². The molecule has 1 aromatic rings. The highest BCUT2D eigenvalue weighted by Crippen LogP contribution is 2.19. The number of rotatable bonds is 4. The molecule has 0 amide bonds. The van der Waals surface area contributed by atoms with E-state index >= 15 is 0 Å². The Kier molecular flexibility index (Phi) is 3.96. The lowest BCUT2D eigenvalue weighted by Crippen LogP contribution is -2.30. The van der Waals surface area contributed by atoms with E-state index in [9.17, 15) is 0 Å². The predicted molar refractivity (Wildman–Crippen MR) is 60.7 cm³/mol. The summed E-state index contributed by atoms with van der Waals surface area (Å²) >= 11 is 3.39. The maximum absolute atomic E-state index is 5.59. The monoisotopic (exact) mass is 258 g/mol. The van der Waals surface area contributed by atoms with Gasteiger partial charge in [-0.1, -0.05) is 22.0 Å². The van der Waals surface area contributed by atoms with Crippen molar-refractivity contribution in [1.82, 2.24) is 0 Å². The summed E-state index contributed by atoms with van der Waals surface area (Å²) in [6.07, 6.45) is 0. The average molecular weight is 259 g/mol. The van der Waals surface area contributed by atoms with Crippen LogP contribution in [0.15, 0.2) is 28.7 Å². The zero-order valence-corrected chi connectivity index (χ0v) is 10.3. The van der Waals surface area contributed by atoms with E-state index in [-0.39, 0.29) is 5.60 Å². The fraction of sp³-hybridized carbons (Fsp3) is 0.455. The van der Waals surface area contributed by atoms with Crippen LogP contribution in [0.25, 0.3) is 0 Å². The topological polar surface area (TPSA) is 18.5 Å². The molecule has 0 fully saturated rings. The van der Waals surface area contributed by atoms with Crippen LogP contribution >= 0.6 is 15.9 Å². The van der Waals surface area contributed by atoms with Crippen molar-refractivity contribution in [3.63, 3.8) is 0 Å². The van der Waals surface area contributed by atoms with Gasteiger partial charge in [0.1, 0.15) is 12.4 Å². The summed E-state index contributed by atoms with van der Waals surface area (Å²) in [5.74, 6) is 0.851. The van der Waals surface area contributed by atoms with Crippen molar-refractivity contribution in [1.29, 1.82) is 0 Å². The molecule has 0 bridgehead atoms. The number of hydrogen-bond acceptors (Lipinski definition) is 2. The minimum absolute atomic E-state index is 0.248. The molecule has 0 heterocycles. The predicted octanol–water partition coefficient (Wildman–Crippen LogP) is 3.25. The normalized spacial score (nSPS) is 11.4. The van der Waals surface area contributed by atoms with Crippen molar-refractivity contribution < 1.29 is 9.47 Å². The van der Waals surface area contributed by atoms with E-state index in [4.69, 9.17) is 9.47 Å². The van der Waals surface area contributed by atoms with E-state index < -0.39 is 0 Å². The Hall–Kier alpha value is -0.540. The summed E-state index contributed by atoms with van der Waals surface area (Å²) in [6.45, 7) is 4.52. The second-order valence-electron chi connectivity index (χ2n) is 3.71. The smallest absolute Gasteiger partial charge is 0.120 e. The number of methoxy groups -OCH3 is 1. The molecular weight excluding hydrogens is 244 g/mol. The standard InChI is InChI=1S/C11H15BrO2/c1-11(2,13-3)8-14-10-6-4-5-9(12)7-10/h4-7H,8H2,1-3H3. The Morgan fingerprint density at radius 3 is 2.64 bits per heavy atom. The Morgan fingerprint density at radius 2 is 2.07 bits per heavy atom. The van der Waals surface area contributed by atoms with Gasteiger partial charge in [-0.15, -0.1) is 0 Å². The first-order chi connectivity index (χ1) is 6.53. The third kappa shape index (κ3) is 3.68. The molecule has 0 aromatic heterocycles. The fourth-order valence-corrected chi connectivity index (χ4v) is 1.25. The van der Waals surface area contributed by atoms with Crippen molar-refractivity contribution in [3.05, 3.63) is 28.7 Å². The van der Waals surface area contributed by atoms with Crippen LogP contribution in [0.1, 0.15) is 13.8 Å². The van der Waals surface area contributed by atoms with Crippen molar-refractivity contribution in [2.24, 2.45) is 0 Å². The summed E-state index contributed by atoms with van der Waals surface area (Å²) in [4.78, 5) is 0.